The molecular weight excluding hydrogens is 362 g/mol. The molecule has 0 aliphatic heterocycles. The fourth-order valence-corrected chi connectivity index (χ4v) is 3.17. The van der Waals surface area contributed by atoms with Crippen LogP contribution in [0.5, 0.6) is 5.75 Å². The van der Waals surface area contributed by atoms with E-state index in [1.807, 2.05) is 48.5 Å². The first-order chi connectivity index (χ1) is 13.0. The van der Waals surface area contributed by atoms with Crippen LogP contribution in [0.1, 0.15) is 27.4 Å². The van der Waals surface area contributed by atoms with E-state index in [2.05, 4.69) is 10.2 Å². The second-order valence-corrected chi connectivity index (χ2v) is 7.10. The number of carbonyl (C=O) groups excluding carboxylic acids is 1. The van der Waals surface area contributed by atoms with Crippen LogP contribution in [0.4, 0.5) is 0 Å². The van der Waals surface area contributed by atoms with E-state index >= 15 is 0 Å². The third kappa shape index (κ3) is 5.10. The van der Waals surface area contributed by atoms with Crippen molar-refractivity contribution in [3.63, 3.8) is 0 Å². The van der Waals surface area contributed by atoms with E-state index in [0.29, 0.717) is 28.9 Å². The zero-order valence-corrected chi connectivity index (χ0v) is 16.3. The second kappa shape index (κ2) is 8.73. The molecule has 7 heteroatoms. The van der Waals surface area contributed by atoms with E-state index in [4.69, 9.17) is 9.15 Å². The van der Waals surface area contributed by atoms with Crippen molar-refractivity contribution in [3.05, 3.63) is 71.1 Å². The van der Waals surface area contributed by atoms with Gasteiger partial charge in [-0.3, -0.25) is 4.79 Å². The highest BCUT2D eigenvalue weighted by Gasteiger charge is 2.10. The van der Waals surface area contributed by atoms with Gasteiger partial charge in [-0.2, -0.15) is 0 Å². The van der Waals surface area contributed by atoms with Gasteiger partial charge in [-0.15, -0.1) is 10.2 Å². The smallest absolute Gasteiger partial charge is 0.276 e. The molecule has 0 radical (unpaired) electrons. The normalized spacial score (nSPS) is 10.6. The maximum atomic E-state index is 11.9. The van der Waals surface area contributed by atoms with Crippen LogP contribution in [0.3, 0.4) is 0 Å². The van der Waals surface area contributed by atoms with Gasteiger partial charge in [0.25, 0.3) is 11.1 Å². The van der Waals surface area contributed by atoms with Crippen LogP contribution in [0.15, 0.2) is 58.2 Å². The summed E-state index contributed by atoms with van der Waals surface area (Å²) in [5, 5.41) is 8.73. The average Bonchev–Trinajstić information content (AvgIpc) is 3.14. The van der Waals surface area contributed by atoms with Gasteiger partial charge in [-0.25, -0.2) is 0 Å². The number of ether oxygens (including phenoxy) is 1. The molecule has 0 fully saturated rings. The number of benzene rings is 2. The molecule has 0 unspecified atom stereocenters. The van der Waals surface area contributed by atoms with Gasteiger partial charge in [-0.05, 0) is 35.4 Å². The first-order valence-electron chi connectivity index (χ1n) is 8.44. The molecule has 2 aromatic carbocycles. The van der Waals surface area contributed by atoms with E-state index in [1.54, 1.807) is 26.1 Å². The molecule has 27 heavy (non-hydrogen) atoms. The van der Waals surface area contributed by atoms with Gasteiger partial charge in [0.2, 0.25) is 5.89 Å². The van der Waals surface area contributed by atoms with Crippen molar-refractivity contribution in [1.29, 1.82) is 0 Å². The summed E-state index contributed by atoms with van der Waals surface area (Å²) in [6.07, 6.45) is 0.582. The third-order valence-corrected chi connectivity index (χ3v) is 4.82. The molecule has 1 amide bonds. The molecule has 0 saturated heterocycles. The number of hydrogen-bond donors (Lipinski definition) is 0. The van der Waals surface area contributed by atoms with Crippen molar-refractivity contribution in [1.82, 2.24) is 15.1 Å². The number of carbonyl (C=O) groups is 1. The van der Waals surface area contributed by atoms with Gasteiger partial charge in [0.05, 0.1) is 13.5 Å². The standard InChI is InChI=1S/C20H21N3O3S/c1-23(2)19(24)16-8-4-15(5-9-16)13-27-20-22-21-18(26-20)12-14-6-10-17(25-3)11-7-14/h4-11H,12-13H2,1-3H3. The van der Waals surface area contributed by atoms with Crippen molar-refractivity contribution in [2.45, 2.75) is 17.4 Å². The number of amides is 1. The van der Waals surface area contributed by atoms with Gasteiger partial charge in [0.15, 0.2) is 0 Å². The summed E-state index contributed by atoms with van der Waals surface area (Å²) in [6.45, 7) is 0. The Morgan fingerprint density at radius 1 is 1.04 bits per heavy atom. The van der Waals surface area contributed by atoms with Crippen molar-refractivity contribution in [2.24, 2.45) is 0 Å². The maximum Gasteiger partial charge on any atom is 0.276 e. The largest absolute Gasteiger partial charge is 0.497 e. The number of aromatic nitrogens is 2. The quantitative estimate of drug-likeness (QED) is 0.580. The molecule has 0 aliphatic rings. The zero-order valence-electron chi connectivity index (χ0n) is 15.5. The van der Waals surface area contributed by atoms with Crippen LogP contribution < -0.4 is 4.74 Å². The number of rotatable bonds is 7. The first-order valence-corrected chi connectivity index (χ1v) is 9.42. The molecule has 0 spiro atoms. The summed E-state index contributed by atoms with van der Waals surface area (Å²) in [5.41, 5.74) is 2.84. The molecule has 140 valence electrons. The number of methoxy groups -OCH3 is 1. The van der Waals surface area contributed by atoms with Crippen molar-refractivity contribution < 1.29 is 13.9 Å². The van der Waals surface area contributed by atoms with Gasteiger partial charge in [-0.1, -0.05) is 36.0 Å². The lowest BCUT2D eigenvalue weighted by molar-refractivity contribution is 0.0827. The number of hydrogen-bond acceptors (Lipinski definition) is 6. The molecule has 1 heterocycles. The van der Waals surface area contributed by atoms with Crippen LogP contribution in [-0.2, 0) is 12.2 Å². The van der Waals surface area contributed by atoms with Gasteiger partial charge < -0.3 is 14.1 Å². The van der Waals surface area contributed by atoms with Crippen LogP contribution in [0.2, 0.25) is 0 Å². The molecule has 0 aliphatic carbocycles. The molecule has 6 nitrogen and oxygen atoms in total. The molecule has 1 aromatic heterocycles. The minimum absolute atomic E-state index is 0.00530. The van der Waals surface area contributed by atoms with Gasteiger partial charge >= 0.3 is 0 Å². The van der Waals surface area contributed by atoms with Crippen LogP contribution in [-0.4, -0.2) is 42.2 Å². The average molecular weight is 383 g/mol. The highest BCUT2D eigenvalue weighted by molar-refractivity contribution is 7.98. The lowest BCUT2D eigenvalue weighted by Crippen LogP contribution is -2.21. The summed E-state index contributed by atoms with van der Waals surface area (Å²) in [6, 6.07) is 15.3. The third-order valence-electron chi connectivity index (χ3n) is 3.93. The lowest BCUT2D eigenvalue weighted by Gasteiger charge is -2.10. The highest BCUT2D eigenvalue weighted by Crippen LogP contribution is 2.23. The number of thioether (sulfide) groups is 1. The fourth-order valence-electron chi connectivity index (χ4n) is 2.43. The van der Waals surface area contributed by atoms with Crippen molar-refractivity contribution in [3.8, 4) is 5.75 Å². The topological polar surface area (TPSA) is 68.5 Å². The SMILES string of the molecule is COc1ccc(Cc2nnc(SCc3ccc(C(=O)N(C)C)cc3)o2)cc1. The minimum atomic E-state index is -0.00530. The molecule has 0 N–H and O–H groups in total. The summed E-state index contributed by atoms with van der Waals surface area (Å²) in [5.74, 6) is 2.09. The van der Waals surface area contributed by atoms with E-state index in [-0.39, 0.29) is 5.91 Å². The lowest BCUT2D eigenvalue weighted by atomic mass is 10.1. The second-order valence-electron chi connectivity index (χ2n) is 6.17. The molecule has 3 rings (SSSR count). The molecule has 0 saturated carbocycles. The van der Waals surface area contributed by atoms with E-state index < -0.39 is 0 Å². The molecular formula is C20H21N3O3S. The zero-order chi connectivity index (χ0) is 19.2. The van der Waals surface area contributed by atoms with E-state index in [9.17, 15) is 4.79 Å². The monoisotopic (exact) mass is 383 g/mol. The highest BCUT2D eigenvalue weighted by atomic mass is 32.2. The van der Waals surface area contributed by atoms with Crippen LogP contribution in [0, 0.1) is 0 Å². The van der Waals surface area contributed by atoms with Crippen molar-refractivity contribution in [2.75, 3.05) is 21.2 Å². The number of nitrogens with zero attached hydrogens (tertiary/aromatic N) is 3. The molecule has 3 aromatic rings. The Labute approximate surface area is 162 Å². The van der Waals surface area contributed by atoms with Gasteiger partial charge in [0, 0.05) is 25.4 Å². The predicted octanol–water partition coefficient (Wildman–Crippen LogP) is 3.66. The Hall–Kier alpha value is -2.80. The summed E-state index contributed by atoms with van der Waals surface area (Å²) < 4.78 is 10.9. The Kier molecular flexibility index (Phi) is 6.13. The minimum Gasteiger partial charge on any atom is -0.497 e. The summed E-state index contributed by atoms with van der Waals surface area (Å²) >= 11 is 1.48. The van der Waals surface area contributed by atoms with E-state index in [1.165, 1.54) is 11.8 Å². The summed E-state index contributed by atoms with van der Waals surface area (Å²) in [4.78, 5) is 13.5. The van der Waals surface area contributed by atoms with E-state index in [0.717, 1.165) is 16.9 Å². The predicted molar refractivity (Wildman–Crippen MR) is 104 cm³/mol. The summed E-state index contributed by atoms with van der Waals surface area (Å²) in [7, 11) is 5.13. The Morgan fingerprint density at radius 2 is 1.70 bits per heavy atom. The van der Waals surface area contributed by atoms with Crippen molar-refractivity contribution >= 4 is 17.7 Å². The van der Waals surface area contributed by atoms with Crippen LogP contribution in [0.25, 0.3) is 0 Å². The Balaban J connectivity index is 1.55. The molecule has 0 bridgehead atoms. The Morgan fingerprint density at radius 3 is 2.33 bits per heavy atom. The van der Waals surface area contributed by atoms with Gasteiger partial charge in [0.1, 0.15) is 5.75 Å². The first kappa shape index (κ1) is 19.0. The fraction of sp³-hybridized carbons (Fsp3) is 0.250. The maximum absolute atomic E-state index is 11.9. The Bertz CT molecular complexity index is 890. The van der Waals surface area contributed by atoms with Crippen LogP contribution >= 0.6 is 11.8 Å². The molecule has 0 atom stereocenters.